The molecule has 9 aromatic rings. The predicted molar refractivity (Wildman–Crippen MR) is 196 cm³/mol. The van der Waals surface area contributed by atoms with Crippen LogP contribution in [-0.4, -0.2) is 22.9 Å². The van der Waals surface area contributed by atoms with Crippen molar-refractivity contribution in [2.24, 2.45) is 0 Å². The van der Waals surface area contributed by atoms with Crippen molar-refractivity contribution >= 4 is 88.6 Å². The number of hydrogen-bond donors (Lipinski definition) is 0. The minimum absolute atomic E-state index is 0.449. The molecular weight excluding hydrogens is 577 g/mol. The summed E-state index contributed by atoms with van der Waals surface area (Å²) in [6, 6.07) is 43.9. The predicted octanol–water partition coefficient (Wildman–Crippen LogP) is 10.4. The lowest BCUT2D eigenvalue weighted by molar-refractivity contribution is 0.00578. The first-order chi connectivity index (χ1) is 22.8. The van der Waals surface area contributed by atoms with Crippen LogP contribution < -0.4 is 5.46 Å². The summed E-state index contributed by atoms with van der Waals surface area (Å²) >= 11 is 0. The van der Waals surface area contributed by atoms with Crippen molar-refractivity contribution in [3.05, 3.63) is 121 Å². The molecule has 47 heavy (non-hydrogen) atoms. The van der Waals surface area contributed by atoms with Gasteiger partial charge in [0.15, 0.2) is 0 Å². The van der Waals surface area contributed by atoms with Gasteiger partial charge in [0.1, 0.15) is 11.2 Å². The molecule has 4 nitrogen and oxygen atoms in total. The maximum atomic E-state index is 6.85. The Morgan fingerprint density at radius 2 is 1.11 bits per heavy atom. The van der Waals surface area contributed by atoms with Crippen LogP contribution in [0.15, 0.2) is 126 Å². The Kier molecular flexibility index (Phi) is 5.33. The summed E-state index contributed by atoms with van der Waals surface area (Å²) in [7, 11) is -0.521. The van der Waals surface area contributed by atoms with Crippen molar-refractivity contribution < 1.29 is 13.7 Å². The van der Waals surface area contributed by atoms with Crippen LogP contribution in [0.3, 0.4) is 0 Å². The van der Waals surface area contributed by atoms with Crippen molar-refractivity contribution in [1.29, 1.82) is 0 Å². The monoisotopic (exact) mass is 609 g/mol. The quantitative estimate of drug-likeness (QED) is 0.183. The third kappa shape index (κ3) is 3.67. The molecule has 0 bridgehead atoms. The summed E-state index contributed by atoms with van der Waals surface area (Å²) in [5.41, 5.74) is 5.22. The van der Waals surface area contributed by atoms with E-state index in [1.807, 2.05) is 0 Å². The van der Waals surface area contributed by atoms with E-state index in [4.69, 9.17) is 13.7 Å². The van der Waals surface area contributed by atoms with Gasteiger partial charge in [0.05, 0.1) is 27.9 Å². The molecule has 1 saturated heterocycles. The van der Waals surface area contributed by atoms with Gasteiger partial charge in [-0.1, -0.05) is 103 Å². The molecule has 7 aromatic carbocycles. The van der Waals surface area contributed by atoms with Gasteiger partial charge < -0.3 is 18.3 Å². The van der Waals surface area contributed by atoms with Crippen molar-refractivity contribution in [3.8, 4) is 5.69 Å². The Morgan fingerprint density at radius 1 is 0.489 bits per heavy atom. The molecule has 10 rings (SSSR count). The molecule has 1 fully saturated rings. The summed E-state index contributed by atoms with van der Waals surface area (Å²) in [5.74, 6) is 0. The molecule has 0 saturated carbocycles. The third-order valence-corrected chi connectivity index (χ3v) is 10.8. The molecule has 0 radical (unpaired) electrons. The van der Waals surface area contributed by atoms with Crippen LogP contribution in [0.1, 0.15) is 27.7 Å². The zero-order valence-electron chi connectivity index (χ0n) is 26.8. The largest absolute Gasteiger partial charge is 0.498 e. The minimum atomic E-state index is -0.521. The van der Waals surface area contributed by atoms with Gasteiger partial charge >= 0.3 is 7.12 Å². The van der Waals surface area contributed by atoms with Crippen LogP contribution in [0.5, 0.6) is 0 Å². The number of rotatable bonds is 2. The fourth-order valence-electron chi connectivity index (χ4n) is 7.68. The standard InChI is InChI=1S/C42H32BNO3/c1-41(2)42(3,4)47-43(46-41)35-19-11-18-32-34-24-37(29-16-9-10-17-31(29)39(34)45-40(32)35)44-36-23-27-14-6-5-13-26(27)22-33(36)30-21-20-25-12-7-8-15-28(25)38(30)44/h5-24H,1-4H3. The lowest BCUT2D eigenvalue weighted by Crippen LogP contribution is -2.41. The van der Waals surface area contributed by atoms with Crippen molar-refractivity contribution in [3.63, 3.8) is 0 Å². The van der Waals surface area contributed by atoms with E-state index in [-0.39, 0.29) is 0 Å². The van der Waals surface area contributed by atoms with Crippen LogP contribution in [0.2, 0.25) is 0 Å². The lowest BCUT2D eigenvalue weighted by atomic mass is 9.78. The van der Waals surface area contributed by atoms with Crippen LogP contribution >= 0.6 is 0 Å². The maximum absolute atomic E-state index is 6.85. The van der Waals surface area contributed by atoms with E-state index in [1.54, 1.807) is 0 Å². The molecule has 3 heterocycles. The molecule has 0 atom stereocenters. The molecule has 0 N–H and O–H groups in total. The number of hydrogen-bond acceptors (Lipinski definition) is 3. The molecule has 226 valence electrons. The van der Waals surface area contributed by atoms with Crippen LogP contribution in [0.25, 0.3) is 81.7 Å². The number of furan rings is 1. The Labute approximate surface area is 272 Å². The maximum Gasteiger partial charge on any atom is 0.498 e. The van der Waals surface area contributed by atoms with Gasteiger partial charge in [0, 0.05) is 43.2 Å². The normalized spacial score (nSPS) is 16.2. The van der Waals surface area contributed by atoms with Gasteiger partial charge in [-0.25, -0.2) is 0 Å². The van der Waals surface area contributed by atoms with Crippen LogP contribution in [-0.2, 0) is 9.31 Å². The zero-order valence-corrected chi connectivity index (χ0v) is 26.8. The number of benzene rings is 7. The van der Waals surface area contributed by atoms with Gasteiger partial charge in [0.25, 0.3) is 0 Å². The molecule has 0 unspecified atom stereocenters. The second-order valence-corrected chi connectivity index (χ2v) is 14.0. The first-order valence-electron chi connectivity index (χ1n) is 16.4. The molecule has 1 aliphatic heterocycles. The number of fused-ring (bicyclic) bond motifs is 11. The van der Waals surface area contributed by atoms with E-state index in [2.05, 4.69) is 154 Å². The first kappa shape index (κ1) is 27.1. The highest BCUT2D eigenvalue weighted by atomic mass is 16.7. The topological polar surface area (TPSA) is 36.5 Å². The molecule has 0 amide bonds. The Hall–Kier alpha value is -5.10. The summed E-state index contributed by atoms with van der Waals surface area (Å²) in [5, 5.41) is 11.7. The highest BCUT2D eigenvalue weighted by Crippen LogP contribution is 2.44. The van der Waals surface area contributed by atoms with Gasteiger partial charge in [-0.15, -0.1) is 0 Å². The second kappa shape index (κ2) is 9.25. The SMILES string of the molecule is CC1(C)OB(c2cccc3c2oc2c4ccccc4c(-n4c5cc6ccccc6cc5c5ccc6ccccc6c54)cc32)OC1(C)C. The second-order valence-electron chi connectivity index (χ2n) is 14.0. The molecule has 2 aromatic heterocycles. The Morgan fingerprint density at radius 3 is 1.87 bits per heavy atom. The molecule has 0 spiro atoms. The zero-order chi connectivity index (χ0) is 31.7. The van der Waals surface area contributed by atoms with Crippen molar-refractivity contribution in [2.75, 3.05) is 0 Å². The van der Waals surface area contributed by atoms with E-state index in [1.165, 1.54) is 43.4 Å². The van der Waals surface area contributed by atoms with E-state index in [9.17, 15) is 0 Å². The average molecular weight is 610 g/mol. The third-order valence-electron chi connectivity index (χ3n) is 10.8. The first-order valence-corrected chi connectivity index (χ1v) is 16.4. The van der Waals surface area contributed by atoms with E-state index in [0.29, 0.717) is 0 Å². The molecule has 5 heteroatoms. The minimum Gasteiger partial charge on any atom is -0.456 e. The van der Waals surface area contributed by atoms with Crippen molar-refractivity contribution in [1.82, 2.24) is 4.57 Å². The molecule has 0 aliphatic carbocycles. The molecule has 1 aliphatic rings. The Bertz CT molecular complexity index is 2750. The summed E-state index contributed by atoms with van der Waals surface area (Å²) in [6.07, 6.45) is 0. The summed E-state index contributed by atoms with van der Waals surface area (Å²) < 4.78 is 22.4. The summed E-state index contributed by atoms with van der Waals surface area (Å²) in [6.45, 7) is 8.35. The smallest absolute Gasteiger partial charge is 0.456 e. The van der Waals surface area contributed by atoms with Crippen LogP contribution in [0, 0.1) is 0 Å². The highest BCUT2D eigenvalue weighted by Gasteiger charge is 2.52. The fourth-order valence-corrected chi connectivity index (χ4v) is 7.68. The Balaban J connectivity index is 1.34. The number of nitrogens with zero attached hydrogens (tertiary/aromatic N) is 1. The fraction of sp³-hybridized carbons (Fsp3) is 0.143. The number of aromatic nitrogens is 1. The van der Waals surface area contributed by atoms with Gasteiger partial charge in [-0.2, -0.15) is 0 Å². The lowest BCUT2D eigenvalue weighted by Gasteiger charge is -2.32. The van der Waals surface area contributed by atoms with Gasteiger partial charge in [0.2, 0.25) is 0 Å². The van der Waals surface area contributed by atoms with Gasteiger partial charge in [-0.05, 0) is 62.1 Å². The van der Waals surface area contributed by atoms with Crippen molar-refractivity contribution in [2.45, 2.75) is 38.9 Å². The van der Waals surface area contributed by atoms with E-state index < -0.39 is 18.3 Å². The molecular formula is C42H32BNO3. The van der Waals surface area contributed by atoms with E-state index >= 15 is 0 Å². The van der Waals surface area contributed by atoms with E-state index in [0.717, 1.165) is 43.9 Å². The summed E-state index contributed by atoms with van der Waals surface area (Å²) in [4.78, 5) is 0. The highest BCUT2D eigenvalue weighted by molar-refractivity contribution is 6.65. The average Bonchev–Trinajstić information content (AvgIpc) is 3.69. The van der Waals surface area contributed by atoms with Crippen LogP contribution in [0.4, 0.5) is 0 Å². The van der Waals surface area contributed by atoms with Gasteiger partial charge in [-0.3, -0.25) is 0 Å². The number of para-hydroxylation sites is 1.